The molecule has 0 amide bonds. The lowest BCUT2D eigenvalue weighted by atomic mass is 9.83. The maximum absolute atomic E-state index is 9.75. The van der Waals surface area contributed by atoms with Gasteiger partial charge in [-0.1, -0.05) is 29.3 Å². The Morgan fingerprint density at radius 3 is 2.71 bits per heavy atom. The summed E-state index contributed by atoms with van der Waals surface area (Å²) in [4.78, 5) is 0. The number of aryl methyl sites for hydroxylation is 1. The third-order valence-electron chi connectivity index (χ3n) is 5.04. The van der Waals surface area contributed by atoms with Gasteiger partial charge in [-0.15, -0.1) is 5.10 Å². The Labute approximate surface area is 188 Å². The quantitative estimate of drug-likeness (QED) is 0.569. The predicted molar refractivity (Wildman–Crippen MR) is 116 cm³/mol. The van der Waals surface area contributed by atoms with Crippen molar-refractivity contribution < 1.29 is 14.2 Å². The zero-order valence-corrected chi connectivity index (χ0v) is 18.2. The third kappa shape index (κ3) is 3.88. The summed E-state index contributed by atoms with van der Waals surface area (Å²) in [5.41, 5.74) is 9.48. The number of aromatic amines is 1. The minimum atomic E-state index is -0.434. The molecular formula is C22H18Cl2N4O3. The van der Waals surface area contributed by atoms with Crippen LogP contribution in [0.1, 0.15) is 28.3 Å². The first-order chi connectivity index (χ1) is 14.9. The van der Waals surface area contributed by atoms with Crippen LogP contribution in [-0.2, 0) is 6.61 Å². The number of nitrogens with zero attached hydrogens (tertiary/aromatic N) is 2. The van der Waals surface area contributed by atoms with E-state index in [1.54, 1.807) is 25.3 Å². The molecule has 9 heteroatoms. The van der Waals surface area contributed by atoms with Crippen molar-refractivity contribution in [3.8, 4) is 23.4 Å². The largest absolute Gasteiger partial charge is 0.496 e. The Morgan fingerprint density at radius 1 is 1.23 bits per heavy atom. The van der Waals surface area contributed by atoms with Crippen molar-refractivity contribution in [1.29, 1.82) is 5.26 Å². The van der Waals surface area contributed by atoms with Crippen LogP contribution in [0.4, 0.5) is 0 Å². The number of H-pyrrole nitrogens is 1. The summed E-state index contributed by atoms with van der Waals surface area (Å²) in [7, 11) is 1.58. The summed E-state index contributed by atoms with van der Waals surface area (Å²) in [5, 5.41) is 17.7. The fourth-order valence-electron chi connectivity index (χ4n) is 3.57. The number of ether oxygens (including phenoxy) is 3. The molecule has 1 aliphatic rings. The molecule has 0 bridgehead atoms. The van der Waals surface area contributed by atoms with E-state index in [2.05, 4.69) is 16.3 Å². The maximum Gasteiger partial charge on any atom is 0.244 e. The molecule has 1 atom stereocenters. The van der Waals surface area contributed by atoms with Crippen LogP contribution in [0.15, 0.2) is 47.9 Å². The van der Waals surface area contributed by atoms with E-state index in [1.807, 2.05) is 25.1 Å². The van der Waals surface area contributed by atoms with Crippen LogP contribution >= 0.6 is 23.2 Å². The van der Waals surface area contributed by atoms with Gasteiger partial charge in [0, 0.05) is 21.8 Å². The molecule has 0 aliphatic carbocycles. The van der Waals surface area contributed by atoms with Crippen LogP contribution in [-0.4, -0.2) is 17.3 Å². The molecule has 1 aromatic heterocycles. The number of nitrogens with two attached hydrogens (primary N) is 1. The molecule has 2 aromatic carbocycles. The smallest absolute Gasteiger partial charge is 0.244 e. The molecule has 31 heavy (non-hydrogen) atoms. The minimum absolute atomic E-state index is 0.0352. The first-order valence-electron chi connectivity index (χ1n) is 9.30. The maximum atomic E-state index is 9.75. The number of rotatable bonds is 5. The number of methoxy groups -OCH3 is 1. The van der Waals surface area contributed by atoms with Crippen molar-refractivity contribution in [2.24, 2.45) is 5.73 Å². The summed E-state index contributed by atoms with van der Waals surface area (Å²) >= 11 is 12.2. The number of halogens is 2. The van der Waals surface area contributed by atoms with Gasteiger partial charge >= 0.3 is 0 Å². The van der Waals surface area contributed by atoms with Gasteiger partial charge in [0.1, 0.15) is 29.7 Å². The highest BCUT2D eigenvalue weighted by atomic mass is 35.5. The zero-order valence-electron chi connectivity index (χ0n) is 16.7. The summed E-state index contributed by atoms with van der Waals surface area (Å²) < 4.78 is 16.9. The van der Waals surface area contributed by atoms with Gasteiger partial charge in [-0.2, -0.15) is 5.26 Å². The average Bonchev–Trinajstić information content (AvgIpc) is 3.12. The predicted octanol–water partition coefficient (Wildman–Crippen LogP) is 4.83. The number of allylic oxidation sites excluding steroid dienone is 1. The number of hydrogen-bond acceptors (Lipinski definition) is 6. The van der Waals surface area contributed by atoms with Gasteiger partial charge in [-0.3, -0.25) is 5.10 Å². The van der Waals surface area contributed by atoms with Gasteiger partial charge in [-0.25, -0.2) is 0 Å². The molecule has 2 heterocycles. The number of nitriles is 1. The highest BCUT2D eigenvalue weighted by Gasteiger charge is 2.34. The second-order valence-electron chi connectivity index (χ2n) is 6.93. The monoisotopic (exact) mass is 456 g/mol. The first kappa shape index (κ1) is 20.9. The summed E-state index contributed by atoms with van der Waals surface area (Å²) in [6, 6.07) is 12.8. The van der Waals surface area contributed by atoms with E-state index < -0.39 is 5.92 Å². The Balaban J connectivity index is 1.73. The van der Waals surface area contributed by atoms with Crippen LogP contribution < -0.4 is 19.9 Å². The van der Waals surface area contributed by atoms with E-state index in [-0.39, 0.29) is 12.5 Å². The Morgan fingerprint density at radius 2 is 2.00 bits per heavy atom. The van der Waals surface area contributed by atoms with Crippen LogP contribution in [0, 0.1) is 18.3 Å². The summed E-state index contributed by atoms with van der Waals surface area (Å²) in [6.45, 7) is 2.06. The van der Waals surface area contributed by atoms with Gasteiger partial charge in [0.15, 0.2) is 0 Å². The average molecular weight is 457 g/mol. The van der Waals surface area contributed by atoms with Crippen molar-refractivity contribution in [2.45, 2.75) is 19.4 Å². The van der Waals surface area contributed by atoms with E-state index >= 15 is 0 Å². The fourth-order valence-corrected chi connectivity index (χ4v) is 4.03. The van der Waals surface area contributed by atoms with Crippen molar-refractivity contribution in [1.82, 2.24) is 10.2 Å². The van der Waals surface area contributed by atoms with Crippen molar-refractivity contribution in [3.63, 3.8) is 0 Å². The van der Waals surface area contributed by atoms with Crippen molar-refractivity contribution in [3.05, 3.63) is 80.3 Å². The molecule has 4 rings (SSSR count). The Kier molecular flexibility index (Phi) is 5.68. The van der Waals surface area contributed by atoms with Crippen LogP contribution in [0.3, 0.4) is 0 Å². The van der Waals surface area contributed by atoms with Crippen LogP contribution in [0.25, 0.3) is 0 Å². The normalized spacial score (nSPS) is 15.1. The second kappa shape index (κ2) is 8.42. The number of nitrogens with one attached hydrogen (secondary N) is 1. The van der Waals surface area contributed by atoms with Crippen molar-refractivity contribution >= 4 is 23.2 Å². The lowest BCUT2D eigenvalue weighted by molar-refractivity contribution is 0.296. The molecule has 0 spiro atoms. The molecule has 0 saturated carbocycles. The van der Waals surface area contributed by atoms with E-state index in [0.717, 1.165) is 22.4 Å². The highest BCUT2D eigenvalue weighted by Crippen LogP contribution is 2.43. The van der Waals surface area contributed by atoms with Gasteiger partial charge < -0.3 is 19.9 Å². The SMILES string of the molecule is COc1ccc([C@@H]2C(C#N)=C(N)Oc3n[nH]c(C)c32)cc1COc1ccc(Cl)cc1Cl. The summed E-state index contributed by atoms with van der Waals surface area (Å²) in [6.07, 6.45) is 0. The highest BCUT2D eigenvalue weighted by molar-refractivity contribution is 6.35. The lowest BCUT2D eigenvalue weighted by Crippen LogP contribution is -2.21. The molecule has 3 aromatic rings. The van der Waals surface area contributed by atoms with Crippen molar-refractivity contribution in [2.75, 3.05) is 7.11 Å². The number of fused-ring (bicyclic) bond motifs is 1. The topological polar surface area (TPSA) is 106 Å². The Bertz CT molecular complexity index is 1230. The minimum Gasteiger partial charge on any atom is -0.496 e. The zero-order chi connectivity index (χ0) is 22.1. The molecule has 0 fully saturated rings. The standard InChI is InChI=1S/C22H18Cl2N4O3/c1-11-19-20(15(9-25)21(26)31-22(19)28-27-11)12-3-5-17(29-2)13(7-12)10-30-18-6-4-14(23)8-16(18)24/h3-8,20H,10,26H2,1-2H3,(H,27,28)/t20-/m1/s1. The number of aromatic nitrogens is 2. The molecule has 7 nitrogen and oxygen atoms in total. The first-order valence-corrected chi connectivity index (χ1v) is 10.1. The number of hydrogen-bond donors (Lipinski definition) is 2. The molecule has 158 valence electrons. The van der Waals surface area contributed by atoms with Gasteiger partial charge in [0.2, 0.25) is 11.8 Å². The fraction of sp³-hybridized carbons (Fsp3) is 0.182. The lowest BCUT2D eigenvalue weighted by Gasteiger charge is -2.24. The molecule has 0 radical (unpaired) electrons. The van der Waals surface area contributed by atoms with Gasteiger partial charge in [-0.05, 0) is 42.8 Å². The van der Waals surface area contributed by atoms with E-state index in [1.165, 1.54) is 0 Å². The molecular weight excluding hydrogens is 439 g/mol. The van der Waals surface area contributed by atoms with E-state index in [0.29, 0.717) is 33.0 Å². The molecule has 0 unspecified atom stereocenters. The third-order valence-corrected chi connectivity index (χ3v) is 5.57. The molecule has 1 aliphatic heterocycles. The molecule has 0 saturated heterocycles. The van der Waals surface area contributed by atoms with Crippen LogP contribution in [0.5, 0.6) is 17.4 Å². The second-order valence-corrected chi connectivity index (χ2v) is 7.77. The van der Waals surface area contributed by atoms with Gasteiger partial charge in [0.25, 0.3) is 0 Å². The summed E-state index contributed by atoms with van der Waals surface area (Å²) in [5.74, 6) is 1.10. The van der Waals surface area contributed by atoms with E-state index in [9.17, 15) is 5.26 Å². The van der Waals surface area contributed by atoms with Gasteiger partial charge in [0.05, 0.1) is 18.1 Å². The van der Waals surface area contributed by atoms with Crippen LogP contribution in [0.2, 0.25) is 10.0 Å². The number of benzene rings is 2. The molecule has 3 N–H and O–H groups in total. The van der Waals surface area contributed by atoms with E-state index in [4.69, 9.17) is 43.1 Å². The Hall–Kier alpha value is -3.34.